The van der Waals surface area contributed by atoms with Crippen LogP contribution in [0.15, 0.2) is 46.7 Å². The first kappa shape index (κ1) is 23.1. The molecule has 10 nitrogen and oxygen atoms in total. The monoisotopic (exact) mass is 487 g/mol. The van der Waals surface area contributed by atoms with Crippen molar-refractivity contribution < 1.29 is 22.8 Å². The summed E-state index contributed by atoms with van der Waals surface area (Å²) in [6.45, 7) is 0.859. The lowest BCUT2D eigenvalue weighted by molar-refractivity contribution is -0.144. The average molecular weight is 488 g/mol. The Morgan fingerprint density at radius 1 is 0.939 bits per heavy atom. The summed E-state index contributed by atoms with van der Waals surface area (Å²) in [5.74, 6) is -1.71. The van der Waals surface area contributed by atoms with Crippen molar-refractivity contribution in [1.82, 2.24) is 19.0 Å². The van der Waals surface area contributed by atoms with Crippen molar-refractivity contribution >= 4 is 39.2 Å². The van der Waals surface area contributed by atoms with Gasteiger partial charge in [-0.05, 0) is 23.6 Å². The SMILES string of the molecule is N#Cc1ccccc1S(=O)(=O)N1CCN(CN2C(=O)C(=O)N(CCc3cccs3)C2=O)CC1. The predicted molar refractivity (Wildman–Crippen MR) is 118 cm³/mol. The van der Waals surface area contributed by atoms with Gasteiger partial charge in [-0.1, -0.05) is 18.2 Å². The van der Waals surface area contributed by atoms with Crippen molar-refractivity contribution in [2.75, 3.05) is 39.4 Å². The van der Waals surface area contributed by atoms with Crippen LogP contribution in [0, 0.1) is 11.3 Å². The molecule has 4 amide bonds. The Hall–Kier alpha value is -3.11. The minimum absolute atomic E-state index is 0.0437. The molecular formula is C21H21N5O5S2. The molecule has 33 heavy (non-hydrogen) atoms. The number of benzene rings is 1. The van der Waals surface area contributed by atoms with Gasteiger partial charge >= 0.3 is 17.8 Å². The van der Waals surface area contributed by atoms with Crippen LogP contribution in [-0.2, 0) is 26.0 Å². The van der Waals surface area contributed by atoms with E-state index in [1.165, 1.54) is 27.8 Å². The number of piperazine rings is 1. The van der Waals surface area contributed by atoms with E-state index in [9.17, 15) is 28.1 Å². The van der Waals surface area contributed by atoms with Gasteiger partial charge in [-0.15, -0.1) is 11.3 Å². The Kier molecular flexibility index (Phi) is 6.57. The van der Waals surface area contributed by atoms with Crippen molar-refractivity contribution in [3.05, 3.63) is 52.2 Å². The molecule has 2 saturated heterocycles. The highest BCUT2D eigenvalue weighted by molar-refractivity contribution is 7.89. The summed E-state index contributed by atoms with van der Waals surface area (Å²) in [7, 11) is -3.85. The van der Waals surface area contributed by atoms with E-state index >= 15 is 0 Å². The normalized spacial score (nSPS) is 18.2. The van der Waals surface area contributed by atoms with Gasteiger partial charge in [-0.2, -0.15) is 9.57 Å². The van der Waals surface area contributed by atoms with Crippen LogP contribution >= 0.6 is 11.3 Å². The molecule has 4 rings (SSSR count). The molecule has 0 unspecified atom stereocenters. The van der Waals surface area contributed by atoms with Crippen LogP contribution in [-0.4, -0.2) is 84.7 Å². The van der Waals surface area contributed by atoms with Gasteiger partial charge in [0.25, 0.3) is 0 Å². The predicted octanol–water partition coefficient (Wildman–Crippen LogP) is 0.917. The van der Waals surface area contributed by atoms with E-state index in [1.54, 1.807) is 17.0 Å². The van der Waals surface area contributed by atoms with Gasteiger partial charge in [0.05, 0.1) is 17.1 Å². The highest BCUT2D eigenvalue weighted by Crippen LogP contribution is 2.22. The van der Waals surface area contributed by atoms with Gasteiger partial charge in [0.1, 0.15) is 6.07 Å². The lowest BCUT2D eigenvalue weighted by Crippen LogP contribution is -2.52. The molecule has 0 bridgehead atoms. The van der Waals surface area contributed by atoms with Crippen LogP contribution in [0.2, 0.25) is 0 Å². The number of nitriles is 1. The minimum atomic E-state index is -3.85. The minimum Gasteiger partial charge on any atom is -0.283 e. The lowest BCUT2D eigenvalue weighted by Gasteiger charge is -2.35. The van der Waals surface area contributed by atoms with Crippen molar-refractivity contribution in [2.45, 2.75) is 11.3 Å². The molecule has 0 spiro atoms. The number of nitrogens with zero attached hydrogens (tertiary/aromatic N) is 5. The Morgan fingerprint density at radius 2 is 1.64 bits per heavy atom. The summed E-state index contributed by atoms with van der Waals surface area (Å²) in [5, 5.41) is 11.1. The standard InChI is InChI=1S/C21H21N5O5S2/c22-14-16-4-1-2-6-18(16)33(30,31)24-11-9-23(10-12-24)15-26-20(28)19(27)25(21(26)29)8-7-17-5-3-13-32-17/h1-6,13H,7-12,15H2. The maximum atomic E-state index is 13.0. The summed E-state index contributed by atoms with van der Waals surface area (Å²) in [6, 6.07) is 11.0. The molecule has 0 radical (unpaired) electrons. The van der Waals surface area contributed by atoms with E-state index in [-0.39, 0.29) is 49.9 Å². The van der Waals surface area contributed by atoms with E-state index in [2.05, 4.69) is 0 Å². The third-order valence-electron chi connectivity index (χ3n) is 5.59. The summed E-state index contributed by atoms with van der Waals surface area (Å²) >= 11 is 1.51. The zero-order chi connectivity index (χ0) is 23.6. The molecule has 2 aliphatic rings. The van der Waals surface area contributed by atoms with Crippen molar-refractivity contribution in [3.63, 3.8) is 0 Å². The second-order valence-corrected chi connectivity index (χ2v) is 10.5. The van der Waals surface area contributed by atoms with Gasteiger partial charge in [-0.25, -0.2) is 18.1 Å². The van der Waals surface area contributed by atoms with Crippen LogP contribution < -0.4 is 0 Å². The number of hydrogen-bond donors (Lipinski definition) is 0. The molecule has 172 valence electrons. The fourth-order valence-electron chi connectivity index (χ4n) is 3.78. The number of hydrogen-bond acceptors (Lipinski definition) is 8. The second-order valence-electron chi connectivity index (χ2n) is 7.57. The zero-order valence-electron chi connectivity index (χ0n) is 17.6. The van der Waals surface area contributed by atoms with Gasteiger partial charge in [-0.3, -0.25) is 19.4 Å². The molecule has 1 aromatic carbocycles. The number of thiophene rings is 1. The maximum absolute atomic E-state index is 13.0. The van der Waals surface area contributed by atoms with Crippen LogP contribution in [0.1, 0.15) is 10.4 Å². The van der Waals surface area contributed by atoms with Gasteiger partial charge in [0, 0.05) is 44.0 Å². The quantitative estimate of drug-likeness (QED) is 0.420. The average Bonchev–Trinajstić information content (AvgIpc) is 3.41. The third kappa shape index (κ3) is 4.53. The first-order valence-electron chi connectivity index (χ1n) is 10.2. The molecule has 3 heterocycles. The van der Waals surface area contributed by atoms with Gasteiger partial charge in [0.2, 0.25) is 10.0 Å². The van der Waals surface area contributed by atoms with Gasteiger partial charge < -0.3 is 0 Å². The number of sulfonamides is 1. The molecule has 1 aromatic heterocycles. The molecule has 0 N–H and O–H groups in total. The first-order chi connectivity index (χ1) is 15.8. The Bertz CT molecular complexity index is 1210. The van der Waals surface area contributed by atoms with Crippen molar-refractivity contribution in [3.8, 4) is 6.07 Å². The third-order valence-corrected chi connectivity index (χ3v) is 8.49. The smallest absolute Gasteiger partial charge is 0.283 e. The van der Waals surface area contributed by atoms with Crippen LogP contribution in [0.3, 0.4) is 0 Å². The maximum Gasteiger partial charge on any atom is 0.335 e. The number of carbonyl (C=O) groups is 3. The molecule has 0 saturated carbocycles. The summed E-state index contributed by atoms with van der Waals surface area (Å²) in [5.41, 5.74) is 0.0781. The van der Waals surface area contributed by atoms with E-state index in [0.29, 0.717) is 6.42 Å². The van der Waals surface area contributed by atoms with Crippen molar-refractivity contribution in [2.24, 2.45) is 0 Å². The topological polar surface area (TPSA) is 122 Å². The number of amides is 4. The van der Waals surface area contributed by atoms with E-state index in [1.807, 2.05) is 23.6 Å². The number of urea groups is 1. The van der Waals surface area contributed by atoms with E-state index in [0.717, 1.165) is 14.7 Å². The summed E-state index contributed by atoms with van der Waals surface area (Å²) < 4.78 is 27.2. The Balaban J connectivity index is 1.37. The van der Waals surface area contributed by atoms with Crippen LogP contribution in [0.4, 0.5) is 4.79 Å². The largest absolute Gasteiger partial charge is 0.335 e. The fourth-order valence-corrected chi connectivity index (χ4v) is 6.05. The molecule has 12 heteroatoms. The second kappa shape index (κ2) is 9.40. The summed E-state index contributed by atoms with van der Waals surface area (Å²) in [6.07, 6.45) is 0.483. The van der Waals surface area contributed by atoms with Crippen molar-refractivity contribution in [1.29, 1.82) is 5.26 Å². The Morgan fingerprint density at radius 3 is 2.30 bits per heavy atom. The molecule has 0 atom stereocenters. The number of carbonyl (C=O) groups excluding carboxylic acids is 3. The summed E-state index contributed by atoms with van der Waals surface area (Å²) in [4.78, 5) is 42.0. The van der Waals surface area contributed by atoms with Crippen LogP contribution in [0.5, 0.6) is 0 Å². The highest BCUT2D eigenvalue weighted by Gasteiger charge is 2.45. The Labute approximate surface area is 195 Å². The van der Waals surface area contributed by atoms with Gasteiger partial charge in [0.15, 0.2) is 0 Å². The van der Waals surface area contributed by atoms with E-state index < -0.39 is 27.9 Å². The molecule has 0 aliphatic carbocycles. The molecule has 2 aliphatic heterocycles. The number of rotatable bonds is 7. The highest BCUT2D eigenvalue weighted by atomic mass is 32.2. The van der Waals surface area contributed by atoms with E-state index in [4.69, 9.17) is 0 Å². The molecular weight excluding hydrogens is 466 g/mol. The lowest BCUT2D eigenvalue weighted by atomic mass is 10.2. The van der Waals surface area contributed by atoms with Crippen LogP contribution in [0.25, 0.3) is 0 Å². The first-order valence-corrected chi connectivity index (χ1v) is 12.6. The molecule has 2 fully saturated rings. The molecule has 2 aromatic rings. The fraction of sp³-hybridized carbons (Fsp3) is 0.333. The zero-order valence-corrected chi connectivity index (χ0v) is 19.2. The number of imide groups is 2.